The number of hydrogen-bond donors (Lipinski definition) is 1. The molecule has 0 aliphatic heterocycles. The van der Waals surface area contributed by atoms with Crippen LogP contribution in [-0.2, 0) is 15.7 Å². The molecule has 0 radical (unpaired) electrons. The van der Waals surface area contributed by atoms with Crippen molar-refractivity contribution in [2.45, 2.75) is 31.5 Å². The van der Waals surface area contributed by atoms with Gasteiger partial charge in [-0.15, -0.1) is 0 Å². The Hall–Kier alpha value is -3.69. The minimum absolute atomic E-state index is 0.0289. The quantitative estimate of drug-likeness (QED) is 0.625. The van der Waals surface area contributed by atoms with Crippen LogP contribution in [0.2, 0.25) is 0 Å². The molecule has 4 rings (SSSR count). The van der Waals surface area contributed by atoms with Gasteiger partial charge in [0, 0.05) is 12.8 Å². The number of nitrogens with zero attached hydrogens (tertiary/aromatic N) is 3. The van der Waals surface area contributed by atoms with E-state index in [-0.39, 0.29) is 11.3 Å². The van der Waals surface area contributed by atoms with Crippen LogP contribution in [0.25, 0.3) is 16.8 Å². The summed E-state index contributed by atoms with van der Waals surface area (Å²) in [4.78, 5) is 27.6. The minimum Gasteiger partial charge on any atom is -0.445 e. The standard InChI is InChI=1S/C21H17F3N4O3/c1-12-2-4-13(5-3-12)14-8-15(17(29)31-20(6-7-20)18(25)30)10-16(9-14)28-19(21(22,23)24)26-11-27-28/h2-5,8-11H,6-7H2,1H3,(H2,25,30). The van der Waals surface area contributed by atoms with Crippen molar-refractivity contribution in [3.63, 3.8) is 0 Å². The Bertz CT molecular complexity index is 1170. The van der Waals surface area contributed by atoms with E-state index in [0.29, 0.717) is 28.7 Å². The van der Waals surface area contributed by atoms with Gasteiger partial charge < -0.3 is 10.5 Å². The molecule has 0 atom stereocenters. The first-order valence-corrected chi connectivity index (χ1v) is 9.32. The molecule has 10 heteroatoms. The molecule has 1 amide bonds. The molecule has 0 bridgehead atoms. The summed E-state index contributed by atoms with van der Waals surface area (Å²) in [5.74, 6) is -2.85. The van der Waals surface area contributed by atoms with E-state index in [1.165, 1.54) is 18.2 Å². The van der Waals surface area contributed by atoms with Crippen LogP contribution in [0.15, 0.2) is 48.8 Å². The number of benzene rings is 2. The smallest absolute Gasteiger partial charge is 0.445 e. The number of aromatic nitrogens is 3. The summed E-state index contributed by atoms with van der Waals surface area (Å²) in [6, 6.07) is 11.4. The van der Waals surface area contributed by atoms with Crippen LogP contribution in [-0.4, -0.2) is 32.2 Å². The zero-order valence-corrected chi connectivity index (χ0v) is 16.3. The molecule has 1 aliphatic carbocycles. The number of esters is 1. The third kappa shape index (κ3) is 4.00. The normalized spacial score (nSPS) is 14.8. The molecule has 31 heavy (non-hydrogen) atoms. The Morgan fingerprint density at radius 1 is 1.10 bits per heavy atom. The van der Waals surface area contributed by atoms with E-state index in [2.05, 4.69) is 10.1 Å². The van der Waals surface area contributed by atoms with E-state index in [1.807, 2.05) is 19.1 Å². The van der Waals surface area contributed by atoms with Gasteiger partial charge in [-0.05, 0) is 36.2 Å². The lowest BCUT2D eigenvalue weighted by Crippen LogP contribution is -2.35. The number of ether oxygens (including phenoxy) is 1. The highest BCUT2D eigenvalue weighted by molar-refractivity contribution is 5.96. The number of carbonyl (C=O) groups excluding carboxylic acids is 2. The Labute approximate surface area is 174 Å². The van der Waals surface area contributed by atoms with Crippen LogP contribution in [0.1, 0.15) is 34.6 Å². The van der Waals surface area contributed by atoms with Crippen molar-refractivity contribution in [1.29, 1.82) is 0 Å². The first kappa shape index (κ1) is 20.6. The molecule has 1 aromatic heterocycles. The highest BCUT2D eigenvalue weighted by Crippen LogP contribution is 2.40. The Morgan fingerprint density at radius 2 is 1.77 bits per heavy atom. The predicted molar refractivity (Wildman–Crippen MR) is 103 cm³/mol. The van der Waals surface area contributed by atoms with E-state index in [9.17, 15) is 22.8 Å². The molecule has 3 aromatic rings. The number of rotatable bonds is 5. The summed E-state index contributed by atoms with van der Waals surface area (Å²) in [6.07, 6.45) is -3.35. The van der Waals surface area contributed by atoms with Gasteiger partial charge in [-0.3, -0.25) is 4.79 Å². The van der Waals surface area contributed by atoms with Crippen LogP contribution >= 0.6 is 0 Å². The zero-order valence-electron chi connectivity index (χ0n) is 16.3. The molecule has 0 spiro atoms. The first-order chi connectivity index (χ1) is 14.6. The number of aryl methyl sites for hydroxylation is 1. The summed E-state index contributed by atoms with van der Waals surface area (Å²) < 4.78 is 45.9. The van der Waals surface area contributed by atoms with Crippen LogP contribution in [0, 0.1) is 6.92 Å². The van der Waals surface area contributed by atoms with Crippen molar-refractivity contribution < 1.29 is 27.5 Å². The summed E-state index contributed by atoms with van der Waals surface area (Å²) in [5, 5.41) is 3.68. The van der Waals surface area contributed by atoms with Crippen LogP contribution in [0.3, 0.4) is 0 Å². The molecule has 2 aromatic carbocycles. The summed E-state index contributed by atoms with van der Waals surface area (Å²) in [5.41, 5.74) is 6.01. The van der Waals surface area contributed by atoms with E-state index in [4.69, 9.17) is 10.5 Å². The maximum atomic E-state index is 13.3. The van der Waals surface area contributed by atoms with Gasteiger partial charge in [0.15, 0.2) is 5.60 Å². The second kappa shape index (κ2) is 7.22. The largest absolute Gasteiger partial charge is 0.451 e. The number of amides is 1. The highest BCUT2D eigenvalue weighted by Gasteiger charge is 2.53. The van der Waals surface area contributed by atoms with E-state index >= 15 is 0 Å². The van der Waals surface area contributed by atoms with Gasteiger partial charge in [0.2, 0.25) is 5.82 Å². The lowest BCUT2D eigenvalue weighted by atomic mass is 10.0. The van der Waals surface area contributed by atoms with E-state index in [1.54, 1.807) is 12.1 Å². The SMILES string of the molecule is Cc1ccc(-c2cc(C(=O)OC3(C(N)=O)CC3)cc(-n3ncnc3C(F)(F)F)c2)cc1. The van der Waals surface area contributed by atoms with Crippen molar-refractivity contribution in [2.24, 2.45) is 5.73 Å². The molecule has 1 fully saturated rings. The minimum atomic E-state index is -4.75. The van der Waals surface area contributed by atoms with Gasteiger partial charge in [-0.2, -0.15) is 18.3 Å². The van der Waals surface area contributed by atoms with Crippen molar-refractivity contribution in [1.82, 2.24) is 14.8 Å². The average molecular weight is 430 g/mol. The number of nitrogens with two attached hydrogens (primary N) is 1. The number of primary amides is 1. The van der Waals surface area contributed by atoms with Crippen molar-refractivity contribution in [3.8, 4) is 16.8 Å². The molecule has 0 saturated heterocycles. The van der Waals surface area contributed by atoms with Gasteiger partial charge in [-0.25, -0.2) is 14.5 Å². The molecule has 1 aliphatic rings. The van der Waals surface area contributed by atoms with Crippen LogP contribution in [0.4, 0.5) is 13.2 Å². The van der Waals surface area contributed by atoms with Crippen molar-refractivity contribution in [2.75, 3.05) is 0 Å². The molecule has 160 valence electrons. The van der Waals surface area contributed by atoms with E-state index < -0.39 is 29.5 Å². The van der Waals surface area contributed by atoms with Crippen molar-refractivity contribution in [3.05, 3.63) is 65.7 Å². The Morgan fingerprint density at radius 3 is 2.35 bits per heavy atom. The zero-order chi connectivity index (χ0) is 22.4. The van der Waals surface area contributed by atoms with Crippen LogP contribution < -0.4 is 5.73 Å². The van der Waals surface area contributed by atoms with Crippen molar-refractivity contribution >= 4 is 11.9 Å². The van der Waals surface area contributed by atoms with Gasteiger partial charge in [-0.1, -0.05) is 29.8 Å². The molecule has 0 unspecified atom stereocenters. The number of carbonyl (C=O) groups is 2. The Balaban J connectivity index is 1.82. The second-order valence-electron chi connectivity index (χ2n) is 7.38. The maximum Gasteiger partial charge on any atom is 0.451 e. The lowest BCUT2D eigenvalue weighted by Gasteiger charge is -2.15. The fourth-order valence-electron chi connectivity index (χ4n) is 3.14. The molecule has 7 nitrogen and oxygen atoms in total. The Kier molecular flexibility index (Phi) is 4.79. The maximum absolute atomic E-state index is 13.3. The molecular weight excluding hydrogens is 413 g/mol. The molecular formula is C21H17F3N4O3. The average Bonchev–Trinajstić information content (AvgIpc) is 3.32. The monoisotopic (exact) mass is 430 g/mol. The highest BCUT2D eigenvalue weighted by atomic mass is 19.4. The lowest BCUT2D eigenvalue weighted by molar-refractivity contribution is -0.146. The van der Waals surface area contributed by atoms with Gasteiger partial charge in [0.1, 0.15) is 6.33 Å². The number of halogens is 3. The third-order valence-corrected chi connectivity index (χ3v) is 5.03. The topological polar surface area (TPSA) is 100 Å². The second-order valence-corrected chi connectivity index (χ2v) is 7.38. The van der Waals surface area contributed by atoms with Gasteiger partial charge in [0.25, 0.3) is 5.91 Å². The number of hydrogen-bond acceptors (Lipinski definition) is 5. The first-order valence-electron chi connectivity index (χ1n) is 9.32. The fourth-order valence-corrected chi connectivity index (χ4v) is 3.14. The van der Waals surface area contributed by atoms with Gasteiger partial charge in [0.05, 0.1) is 11.3 Å². The summed E-state index contributed by atoms with van der Waals surface area (Å²) in [6.45, 7) is 1.90. The summed E-state index contributed by atoms with van der Waals surface area (Å²) in [7, 11) is 0. The van der Waals surface area contributed by atoms with E-state index in [0.717, 1.165) is 11.9 Å². The number of alkyl halides is 3. The molecule has 1 heterocycles. The molecule has 1 saturated carbocycles. The predicted octanol–water partition coefficient (Wildman–Crippen LogP) is 3.44. The van der Waals surface area contributed by atoms with Crippen LogP contribution in [0.5, 0.6) is 0 Å². The third-order valence-electron chi connectivity index (χ3n) is 5.03. The molecule has 2 N–H and O–H groups in total. The van der Waals surface area contributed by atoms with Gasteiger partial charge >= 0.3 is 12.1 Å². The fraction of sp³-hybridized carbons (Fsp3) is 0.238. The summed E-state index contributed by atoms with van der Waals surface area (Å²) >= 11 is 0.